The van der Waals surface area contributed by atoms with E-state index in [1.807, 2.05) is 18.4 Å². The molecule has 3 aliphatic rings. The number of nitrogens with zero attached hydrogens (tertiary/aromatic N) is 1. The van der Waals surface area contributed by atoms with Gasteiger partial charge in [0, 0.05) is 38.0 Å². The monoisotopic (exact) mass is 364 g/mol. The number of nitrogens with one attached hydrogen (secondary N) is 1. The van der Waals surface area contributed by atoms with E-state index in [1.54, 1.807) is 11.8 Å². The zero-order chi connectivity index (χ0) is 17.4. The van der Waals surface area contributed by atoms with E-state index >= 15 is 0 Å². The molecule has 1 spiro atoms. The number of hydrogen-bond donors (Lipinski definition) is 1. The molecule has 4 atom stereocenters. The van der Waals surface area contributed by atoms with Crippen molar-refractivity contribution in [2.75, 3.05) is 31.6 Å². The molecular formula is C19H25FN2O2S. The van der Waals surface area contributed by atoms with Gasteiger partial charge in [0.2, 0.25) is 5.91 Å². The number of thioether (sulfide) groups is 1. The van der Waals surface area contributed by atoms with Gasteiger partial charge in [-0.3, -0.25) is 9.69 Å². The van der Waals surface area contributed by atoms with Crippen LogP contribution in [-0.4, -0.2) is 54.2 Å². The third kappa shape index (κ3) is 3.32. The number of hydrogen-bond acceptors (Lipinski definition) is 4. The average molecular weight is 364 g/mol. The molecule has 4 nitrogen and oxygen atoms in total. The summed E-state index contributed by atoms with van der Waals surface area (Å²) in [6, 6.07) is 6.77. The van der Waals surface area contributed by atoms with Crippen molar-refractivity contribution in [2.24, 2.45) is 11.8 Å². The van der Waals surface area contributed by atoms with Crippen molar-refractivity contribution < 1.29 is 13.9 Å². The third-order valence-corrected chi connectivity index (χ3v) is 6.54. The van der Waals surface area contributed by atoms with Crippen LogP contribution < -0.4 is 5.32 Å². The first-order chi connectivity index (χ1) is 12.1. The molecule has 3 saturated heterocycles. The van der Waals surface area contributed by atoms with Crippen LogP contribution in [0.5, 0.6) is 0 Å². The largest absolute Gasteiger partial charge is 0.370 e. The minimum atomic E-state index is -0.191. The Kier molecular flexibility index (Phi) is 4.77. The molecule has 0 radical (unpaired) electrons. The van der Waals surface area contributed by atoms with E-state index in [2.05, 4.69) is 10.2 Å². The van der Waals surface area contributed by atoms with Crippen molar-refractivity contribution in [1.82, 2.24) is 10.2 Å². The van der Waals surface area contributed by atoms with E-state index in [-0.39, 0.29) is 17.3 Å². The molecule has 0 aliphatic carbocycles. The van der Waals surface area contributed by atoms with Gasteiger partial charge in [-0.2, -0.15) is 11.8 Å². The normalized spacial score (nSPS) is 33.6. The summed E-state index contributed by atoms with van der Waals surface area (Å²) >= 11 is 1.55. The van der Waals surface area contributed by atoms with Crippen molar-refractivity contribution in [3.05, 3.63) is 35.6 Å². The van der Waals surface area contributed by atoms with Crippen LogP contribution in [0, 0.1) is 17.7 Å². The lowest BCUT2D eigenvalue weighted by Gasteiger charge is -2.29. The predicted molar refractivity (Wildman–Crippen MR) is 96.9 cm³/mol. The van der Waals surface area contributed by atoms with Gasteiger partial charge >= 0.3 is 0 Å². The fourth-order valence-corrected chi connectivity index (χ4v) is 5.31. The summed E-state index contributed by atoms with van der Waals surface area (Å²) in [6.45, 7) is 3.50. The number of likely N-dealkylation sites (tertiary alicyclic amines) is 1. The number of ether oxygens (including phenoxy) is 1. The predicted octanol–water partition coefficient (Wildman–Crippen LogP) is 2.28. The first-order valence-corrected chi connectivity index (χ1v) is 10.4. The Balaban J connectivity index is 1.40. The van der Waals surface area contributed by atoms with Crippen molar-refractivity contribution in [3.8, 4) is 0 Å². The second kappa shape index (κ2) is 6.89. The molecule has 25 heavy (non-hydrogen) atoms. The van der Waals surface area contributed by atoms with Crippen LogP contribution in [0.3, 0.4) is 0 Å². The highest BCUT2D eigenvalue weighted by atomic mass is 32.2. The van der Waals surface area contributed by atoms with Gasteiger partial charge in [-0.05, 0) is 36.8 Å². The molecule has 1 amide bonds. The van der Waals surface area contributed by atoms with E-state index in [9.17, 15) is 9.18 Å². The molecule has 2 bridgehead atoms. The molecule has 0 saturated carbocycles. The average Bonchev–Trinajstić information content (AvgIpc) is 3.23. The lowest BCUT2D eigenvalue weighted by atomic mass is 9.73. The topological polar surface area (TPSA) is 41.6 Å². The molecule has 136 valence electrons. The number of amides is 1. The van der Waals surface area contributed by atoms with Crippen molar-refractivity contribution >= 4 is 17.7 Å². The Bertz CT molecular complexity index is 641. The van der Waals surface area contributed by atoms with Crippen LogP contribution in [0.25, 0.3) is 0 Å². The number of halogens is 1. The van der Waals surface area contributed by atoms with Crippen molar-refractivity contribution in [1.29, 1.82) is 0 Å². The number of carbonyl (C=O) groups is 1. The highest BCUT2D eigenvalue weighted by Crippen LogP contribution is 2.54. The van der Waals surface area contributed by atoms with Gasteiger partial charge in [0.1, 0.15) is 5.82 Å². The summed E-state index contributed by atoms with van der Waals surface area (Å²) in [4.78, 5) is 14.2. The maximum absolute atomic E-state index is 13.1. The highest BCUT2D eigenvalue weighted by molar-refractivity contribution is 7.99. The Morgan fingerprint density at radius 2 is 2.24 bits per heavy atom. The van der Waals surface area contributed by atoms with E-state index < -0.39 is 0 Å². The summed E-state index contributed by atoms with van der Waals surface area (Å²) in [6.07, 6.45) is 4.47. The molecule has 4 rings (SSSR count). The lowest BCUT2D eigenvalue weighted by molar-refractivity contribution is -0.118. The van der Waals surface area contributed by atoms with E-state index in [1.165, 1.54) is 12.1 Å². The van der Waals surface area contributed by atoms with Crippen LogP contribution in [0.15, 0.2) is 24.3 Å². The first kappa shape index (κ1) is 17.3. The maximum Gasteiger partial charge on any atom is 0.229 e. The van der Waals surface area contributed by atoms with Crippen LogP contribution in [0.4, 0.5) is 4.39 Å². The number of fused-ring (bicyclic) bond motifs is 1. The Hall–Kier alpha value is -1.11. The molecule has 3 aliphatic heterocycles. The molecule has 1 aromatic carbocycles. The van der Waals surface area contributed by atoms with Crippen LogP contribution in [-0.2, 0) is 16.1 Å². The van der Waals surface area contributed by atoms with Crippen LogP contribution in [0.1, 0.15) is 18.4 Å². The third-order valence-electron chi connectivity index (χ3n) is 5.98. The summed E-state index contributed by atoms with van der Waals surface area (Å²) in [7, 11) is 0. The van der Waals surface area contributed by atoms with Gasteiger partial charge in [-0.25, -0.2) is 4.39 Å². The summed E-state index contributed by atoms with van der Waals surface area (Å²) in [5, 5.41) is 3.09. The van der Waals surface area contributed by atoms with Gasteiger partial charge in [0.25, 0.3) is 0 Å². The van der Waals surface area contributed by atoms with E-state index in [0.717, 1.165) is 44.6 Å². The van der Waals surface area contributed by atoms with Crippen LogP contribution in [0.2, 0.25) is 0 Å². The Morgan fingerprint density at radius 1 is 1.44 bits per heavy atom. The number of rotatable bonds is 6. The molecule has 3 fully saturated rings. The van der Waals surface area contributed by atoms with Gasteiger partial charge in [0.15, 0.2) is 0 Å². The SMILES string of the molecule is CSCC(=O)NC[C@H]1[C@H]2CN(Cc3ccc(F)cc3)C[C@]23CC[C@H]1O3. The van der Waals surface area contributed by atoms with Gasteiger partial charge in [-0.15, -0.1) is 0 Å². The fourth-order valence-electron chi connectivity index (χ4n) is 4.94. The molecule has 1 N–H and O–H groups in total. The number of carbonyl (C=O) groups excluding carboxylic acids is 1. The maximum atomic E-state index is 13.1. The lowest BCUT2D eigenvalue weighted by Crippen LogP contribution is -2.42. The molecule has 0 unspecified atom stereocenters. The Morgan fingerprint density at radius 3 is 3.00 bits per heavy atom. The van der Waals surface area contributed by atoms with E-state index in [4.69, 9.17) is 4.74 Å². The number of benzene rings is 1. The smallest absolute Gasteiger partial charge is 0.229 e. The minimum Gasteiger partial charge on any atom is -0.370 e. The first-order valence-electron chi connectivity index (χ1n) is 9.00. The fraction of sp³-hybridized carbons (Fsp3) is 0.632. The summed E-state index contributed by atoms with van der Waals surface area (Å²) in [5.41, 5.74) is 1.11. The van der Waals surface area contributed by atoms with E-state index in [0.29, 0.717) is 23.7 Å². The summed E-state index contributed by atoms with van der Waals surface area (Å²) < 4.78 is 19.5. The zero-order valence-corrected chi connectivity index (χ0v) is 15.4. The van der Waals surface area contributed by atoms with Gasteiger partial charge in [0.05, 0.1) is 17.5 Å². The van der Waals surface area contributed by atoms with Gasteiger partial charge < -0.3 is 10.1 Å². The second-order valence-electron chi connectivity index (χ2n) is 7.56. The minimum absolute atomic E-state index is 0.0282. The van der Waals surface area contributed by atoms with Gasteiger partial charge in [-0.1, -0.05) is 12.1 Å². The van der Waals surface area contributed by atoms with Crippen LogP contribution >= 0.6 is 11.8 Å². The van der Waals surface area contributed by atoms with Crippen molar-refractivity contribution in [3.63, 3.8) is 0 Å². The molecule has 3 heterocycles. The molecule has 0 aromatic heterocycles. The Labute approximate surface area is 152 Å². The zero-order valence-electron chi connectivity index (χ0n) is 14.5. The molecule has 1 aromatic rings. The van der Waals surface area contributed by atoms with Crippen molar-refractivity contribution in [2.45, 2.75) is 31.1 Å². The summed E-state index contributed by atoms with van der Waals surface area (Å²) in [5.74, 6) is 1.35. The quantitative estimate of drug-likeness (QED) is 0.841. The standard InChI is InChI=1S/C19H25FN2O2S/c1-25-11-18(23)21-8-15-16-10-22(9-13-2-4-14(20)5-3-13)12-19(16)7-6-17(15)24-19/h2-5,15-17H,6-12H2,1H3,(H,21,23)/t15-,16+,17+,19+/m0/s1. The molecular weight excluding hydrogens is 339 g/mol. The highest BCUT2D eigenvalue weighted by Gasteiger charge is 2.62. The molecule has 6 heteroatoms. The second-order valence-corrected chi connectivity index (χ2v) is 8.43.